The molecule has 6 heteroatoms. The number of hydrogen-bond acceptors (Lipinski definition) is 2. The number of benzene rings is 2. The number of hydrogen-bond donors (Lipinski definition) is 1. The first-order chi connectivity index (χ1) is 13.6. The highest BCUT2D eigenvalue weighted by Crippen LogP contribution is 2.26. The van der Waals surface area contributed by atoms with E-state index in [1.54, 1.807) is 9.80 Å². The Labute approximate surface area is 166 Å². The van der Waals surface area contributed by atoms with Crippen molar-refractivity contribution >= 4 is 23.4 Å². The molecule has 1 saturated heterocycles. The second kappa shape index (κ2) is 9.26. The third kappa shape index (κ3) is 4.82. The van der Waals surface area contributed by atoms with Crippen molar-refractivity contribution in [2.75, 3.05) is 37.6 Å². The standard InChI is InChI=1S/C22H28N4O2/c1-18(2)17-23-21(27)24-13-15-25(16-14-24)22(28)26(19-9-5-3-6-10-19)20-11-7-4-8-12-20/h3-12,18H,13-17H2,1-2H3,(H,23,27). The van der Waals surface area contributed by atoms with Crippen LogP contribution in [0.4, 0.5) is 21.0 Å². The van der Waals surface area contributed by atoms with Gasteiger partial charge >= 0.3 is 12.1 Å². The number of anilines is 2. The number of amides is 4. The average Bonchev–Trinajstić information content (AvgIpc) is 2.74. The zero-order valence-electron chi connectivity index (χ0n) is 16.5. The second-order valence-corrected chi connectivity index (χ2v) is 7.34. The molecule has 1 fully saturated rings. The molecule has 28 heavy (non-hydrogen) atoms. The number of piperazine rings is 1. The van der Waals surface area contributed by atoms with Crippen molar-refractivity contribution in [2.45, 2.75) is 13.8 Å². The monoisotopic (exact) mass is 380 g/mol. The number of nitrogens with zero attached hydrogens (tertiary/aromatic N) is 3. The molecule has 4 amide bonds. The van der Waals surface area contributed by atoms with Crippen LogP contribution < -0.4 is 10.2 Å². The number of rotatable bonds is 4. The lowest BCUT2D eigenvalue weighted by Crippen LogP contribution is -2.55. The summed E-state index contributed by atoms with van der Waals surface area (Å²) in [6.07, 6.45) is 0. The summed E-state index contributed by atoms with van der Waals surface area (Å²) in [6, 6.07) is 19.2. The predicted molar refractivity (Wildman–Crippen MR) is 112 cm³/mol. The minimum absolute atomic E-state index is 0.0521. The normalized spacial score (nSPS) is 14.1. The largest absolute Gasteiger partial charge is 0.338 e. The van der Waals surface area contributed by atoms with E-state index in [0.717, 1.165) is 11.4 Å². The minimum atomic E-state index is -0.0698. The van der Waals surface area contributed by atoms with Gasteiger partial charge in [-0.2, -0.15) is 0 Å². The van der Waals surface area contributed by atoms with Gasteiger partial charge in [0.2, 0.25) is 0 Å². The van der Waals surface area contributed by atoms with Gasteiger partial charge in [-0.3, -0.25) is 4.90 Å². The van der Waals surface area contributed by atoms with Gasteiger partial charge in [0.25, 0.3) is 0 Å². The molecule has 3 rings (SSSR count). The number of urea groups is 2. The molecule has 0 saturated carbocycles. The summed E-state index contributed by atoms with van der Waals surface area (Å²) >= 11 is 0. The Kier molecular flexibility index (Phi) is 6.53. The molecule has 2 aromatic carbocycles. The highest BCUT2D eigenvalue weighted by atomic mass is 16.2. The van der Waals surface area contributed by atoms with Crippen molar-refractivity contribution in [3.8, 4) is 0 Å². The summed E-state index contributed by atoms with van der Waals surface area (Å²) in [6.45, 7) is 6.90. The quantitative estimate of drug-likeness (QED) is 0.874. The van der Waals surface area contributed by atoms with Crippen LogP contribution in [0.2, 0.25) is 0 Å². The summed E-state index contributed by atoms with van der Waals surface area (Å²) in [5, 5.41) is 2.94. The van der Waals surface area contributed by atoms with Crippen LogP contribution in [0, 0.1) is 5.92 Å². The van der Waals surface area contributed by atoms with Crippen molar-refractivity contribution < 1.29 is 9.59 Å². The van der Waals surface area contributed by atoms with Crippen LogP contribution in [0.1, 0.15) is 13.8 Å². The fraction of sp³-hybridized carbons (Fsp3) is 0.364. The van der Waals surface area contributed by atoms with Crippen LogP contribution in [0.3, 0.4) is 0 Å². The number of nitrogens with one attached hydrogen (secondary N) is 1. The van der Waals surface area contributed by atoms with Crippen LogP contribution in [-0.2, 0) is 0 Å². The molecule has 6 nitrogen and oxygen atoms in total. The molecule has 0 radical (unpaired) electrons. The minimum Gasteiger partial charge on any atom is -0.338 e. The SMILES string of the molecule is CC(C)CNC(=O)N1CCN(C(=O)N(c2ccccc2)c2ccccc2)CC1. The van der Waals surface area contributed by atoms with Crippen LogP contribution in [0.15, 0.2) is 60.7 Å². The van der Waals surface area contributed by atoms with E-state index in [-0.39, 0.29) is 12.1 Å². The fourth-order valence-corrected chi connectivity index (χ4v) is 3.17. The van der Waals surface area contributed by atoms with Crippen LogP contribution in [0.25, 0.3) is 0 Å². The molecule has 1 aliphatic rings. The van der Waals surface area contributed by atoms with Gasteiger partial charge in [-0.15, -0.1) is 0 Å². The zero-order chi connectivity index (χ0) is 19.9. The summed E-state index contributed by atoms with van der Waals surface area (Å²) in [7, 11) is 0. The fourth-order valence-electron chi connectivity index (χ4n) is 3.17. The van der Waals surface area contributed by atoms with Gasteiger partial charge in [0.05, 0.1) is 11.4 Å². The Morgan fingerprint density at radius 1 is 0.857 bits per heavy atom. The van der Waals surface area contributed by atoms with E-state index in [2.05, 4.69) is 19.2 Å². The van der Waals surface area contributed by atoms with Crippen LogP contribution >= 0.6 is 0 Å². The Bertz CT molecular complexity index is 732. The summed E-state index contributed by atoms with van der Waals surface area (Å²) in [4.78, 5) is 30.9. The third-order valence-electron chi connectivity index (χ3n) is 4.72. The van der Waals surface area contributed by atoms with E-state index >= 15 is 0 Å². The highest BCUT2D eigenvalue weighted by molar-refractivity contribution is 5.99. The van der Waals surface area contributed by atoms with Crippen LogP contribution in [-0.4, -0.2) is 54.6 Å². The van der Waals surface area contributed by atoms with Gasteiger partial charge in [0.1, 0.15) is 0 Å². The van der Waals surface area contributed by atoms with Gasteiger partial charge in [0, 0.05) is 32.7 Å². The van der Waals surface area contributed by atoms with Crippen molar-refractivity contribution in [1.82, 2.24) is 15.1 Å². The summed E-state index contributed by atoms with van der Waals surface area (Å²) < 4.78 is 0. The molecular formula is C22H28N4O2. The number of para-hydroxylation sites is 2. The molecule has 0 unspecified atom stereocenters. The van der Waals surface area contributed by atoms with Gasteiger partial charge in [-0.05, 0) is 30.2 Å². The zero-order valence-corrected chi connectivity index (χ0v) is 16.5. The third-order valence-corrected chi connectivity index (χ3v) is 4.72. The lowest BCUT2D eigenvalue weighted by molar-refractivity contribution is 0.146. The van der Waals surface area contributed by atoms with E-state index in [4.69, 9.17) is 0 Å². The maximum absolute atomic E-state index is 13.3. The first-order valence-electron chi connectivity index (χ1n) is 9.78. The second-order valence-electron chi connectivity index (χ2n) is 7.34. The van der Waals surface area contributed by atoms with Gasteiger partial charge in [0.15, 0.2) is 0 Å². The molecule has 0 aliphatic carbocycles. The van der Waals surface area contributed by atoms with Gasteiger partial charge in [-0.25, -0.2) is 9.59 Å². The molecule has 1 heterocycles. The highest BCUT2D eigenvalue weighted by Gasteiger charge is 2.28. The van der Waals surface area contributed by atoms with Gasteiger partial charge in [-0.1, -0.05) is 50.2 Å². The first-order valence-corrected chi connectivity index (χ1v) is 9.78. The van der Waals surface area contributed by atoms with E-state index < -0.39 is 0 Å². The van der Waals surface area contributed by atoms with E-state index in [0.29, 0.717) is 38.6 Å². The summed E-state index contributed by atoms with van der Waals surface area (Å²) in [5.41, 5.74) is 1.66. The molecule has 0 atom stereocenters. The predicted octanol–water partition coefficient (Wildman–Crippen LogP) is 3.93. The molecule has 1 aliphatic heterocycles. The van der Waals surface area contributed by atoms with E-state index in [1.165, 1.54) is 0 Å². The summed E-state index contributed by atoms with van der Waals surface area (Å²) in [5.74, 6) is 0.414. The smallest absolute Gasteiger partial charge is 0.329 e. The van der Waals surface area contributed by atoms with Crippen molar-refractivity contribution in [3.63, 3.8) is 0 Å². The Balaban J connectivity index is 1.69. The topological polar surface area (TPSA) is 55.9 Å². The lowest BCUT2D eigenvalue weighted by Gasteiger charge is -2.37. The molecule has 148 valence electrons. The van der Waals surface area contributed by atoms with E-state index in [1.807, 2.05) is 65.6 Å². The molecular weight excluding hydrogens is 352 g/mol. The maximum Gasteiger partial charge on any atom is 0.329 e. The van der Waals surface area contributed by atoms with Gasteiger partial charge < -0.3 is 15.1 Å². The first kappa shape index (κ1) is 19.7. The molecule has 0 bridgehead atoms. The average molecular weight is 380 g/mol. The molecule has 0 aromatic heterocycles. The van der Waals surface area contributed by atoms with E-state index in [9.17, 15) is 9.59 Å². The lowest BCUT2D eigenvalue weighted by atomic mass is 10.2. The molecule has 0 spiro atoms. The number of carbonyl (C=O) groups excluding carboxylic acids is 2. The maximum atomic E-state index is 13.3. The van der Waals surface area contributed by atoms with Crippen molar-refractivity contribution in [1.29, 1.82) is 0 Å². The Morgan fingerprint density at radius 2 is 1.32 bits per heavy atom. The number of carbonyl (C=O) groups is 2. The van der Waals surface area contributed by atoms with Crippen LogP contribution in [0.5, 0.6) is 0 Å². The van der Waals surface area contributed by atoms with Crippen molar-refractivity contribution in [2.24, 2.45) is 5.92 Å². The Morgan fingerprint density at radius 3 is 1.79 bits per heavy atom. The van der Waals surface area contributed by atoms with Crippen molar-refractivity contribution in [3.05, 3.63) is 60.7 Å². The molecule has 1 N–H and O–H groups in total. The Hall–Kier alpha value is -3.02. The molecule has 2 aromatic rings.